The highest BCUT2D eigenvalue weighted by atomic mass is 16.8. The summed E-state index contributed by atoms with van der Waals surface area (Å²) in [4.78, 5) is 0. The number of rotatable bonds is 4. The lowest BCUT2D eigenvalue weighted by Crippen LogP contribution is -2.49. The monoisotopic (exact) mass is 348 g/mol. The quantitative estimate of drug-likeness (QED) is 0.631. The van der Waals surface area contributed by atoms with E-state index in [1.165, 1.54) is 43.3 Å². The molecule has 0 bridgehead atoms. The predicted octanol–water partition coefficient (Wildman–Crippen LogP) is 5.47. The van der Waals surface area contributed by atoms with Gasteiger partial charge in [0.05, 0.1) is 0 Å². The van der Waals surface area contributed by atoms with Crippen molar-refractivity contribution in [2.75, 3.05) is 14.2 Å². The second kappa shape index (κ2) is 7.17. The summed E-state index contributed by atoms with van der Waals surface area (Å²) >= 11 is 0. The summed E-state index contributed by atoms with van der Waals surface area (Å²) in [5.41, 5.74) is 3.50. The van der Waals surface area contributed by atoms with Crippen LogP contribution in [-0.2, 0) is 14.2 Å². The second-order valence-corrected chi connectivity index (χ2v) is 9.24. The molecule has 25 heavy (non-hydrogen) atoms. The lowest BCUT2D eigenvalue weighted by Gasteiger charge is -2.58. The van der Waals surface area contributed by atoms with Gasteiger partial charge in [-0.25, -0.2) is 0 Å². The summed E-state index contributed by atoms with van der Waals surface area (Å²) < 4.78 is 16.6. The third-order valence-corrected chi connectivity index (χ3v) is 7.39. The van der Waals surface area contributed by atoms with E-state index in [1.54, 1.807) is 14.2 Å². The van der Waals surface area contributed by atoms with Crippen LogP contribution in [0.15, 0.2) is 23.8 Å². The Morgan fingerprint density at radius 1 is 1.20 bits per heavy atom. The van der Waals surface area contributed by atoms with Crippen molar-refractivity contribution in [1.29, 1.82) is 0 Å². The molecule has 0 N–H and O–H groups in total. The van der Waals surface area contributed by atoms with Gasteiger partial charge < -0.3 is 14.2 Å². The van der Waals surface area contributed by atoms with Crippen LogP contribution in [0.25, 0.3) is 0 Å². The third kappa shape index (κ3) is 3.48. The zero-order valence-corrected chi connectivity index (χ0v) is 16.8. The molecule has 2 saturated carbocycles. The van der Waals surface area contributed by atoms with E-state index in [1.807, 2.05) is 0 Å². The van der Waals surface area contributed by atoms with Crippen LogP contribution in [0.1, 0.15) is 65.7 Å². The van der Waals surface area contributed by atoms with Crippen LogP contribution in [0.2, 0.25) is 0 Å². The molecule has 0 aromatic heterocycles. The molecule has 3 fully saturated rings. The zero-order valence-electron chi connectivity index (χ0n) is 16.8. The number of methoxy groups -OCH3 is 2. The first kappa shape index (κ1) is 19.1. The van der Waals surface area contributed by atoms with Crippen molar-refractivity contribution in [2.45, 2.75) is 78.3 Å². The summed E-state index contributed by atoms with van der Waals surface area (Å²) in [7, 11) is 3.40. The predicted molar refractivity (Wildman–Crippen MR) is 101 cm³/mol. The largest absolute Gasteiger partial charge is 0.355 e. The van der Waals surface area contributed by atoms with Crippen LogP contribution < -0.4 is 0 Å². The molecule has 3 nitrogen and oxygen atoms in total. The molecule has 0 amide bonds. The molecule has 0 unspecified atom stereocenters. The van der Waals surface area contributed by atoms with E-state index in [2.05, 4.69) is 33.4 Å². The first-order chi connectivity index (χ1) is 11.8. The molecule has 1 aliphatic heterocycles. The zero-order chi connectivity index (χ0) is 18.2. The third-order valence-electron chi connectivity index (χ3n) is 7.39. The summed E-state index contributed by atoms with van der Waals surface area (Å²) in [6, 6.07) is 0. The minimum absolute atomic E-state index is 0.178. The lowest BCUT2D eigenvalue weighted by atomic mass is 9.47. The average molecular weight is 349 g/mol. The van der Waals surface area contributed by atoms with Gasteiger partial charge in [0.1, 0.15) is 0 Å². The Hall–Kier alpha value is -0.640. The molecule has 0 spiro atoms. The van der Waals surface area contributed by atoms with Gasteiger partial charge in [-0.05, 0) is 60.3 Å². The van der Waals surface area contributed by atoms with Gasteiger partial charge in [0, 0.05) is 20.6 Å². The molecule has 1 heterocycles. The fraction of sp³-hybridized carbons (Fsp3) is 0.818. The number of ether oxygens (including phenoxy) is 3. The molecule has 2 aliphatic carbocycles. The second-order valence-electron chi connectivity index (χ2n) is 9.24. The maximum Gasteiger partial charge on any atom is 0.182 e. The van der Waals surface area contributed by atoms with Crippen LogP contribution in [0.3, 0.4) is 0 Å². The Balaban J connectivity index is 1.80. The molecule has 3 aliphatic rings. The van der Waals surface area contributed by atoms with Gasteiger partial charge in [-0.1, -0.05) is 45.4 Å². The van der Waals surface area contributed by atoms with E-state index in [-0.39, 0.29) is 12.6 Å². The van der Waals surface area contributed by atoms with Gasteiger partial charge in [0.25, 0.3) is 0 Å². The highest BCUT2D eigenvalue weighted by Crippen LogP contribution is 2.61. The van der Waals surface area contributed by atoms with Crippen LogP contribution in [-0.4, -0.2) is 26.8 Å². The summed E-state index contributed by atoms with van der Waals surface area (Å²) in [5, 5.41) is 0. The molecule has 3 rings (SSSR count). The molecule has 1 saturated heterocycles. The van der Waals surface area contributed by atoms with Crippen molar-refractivity contribution in [3.05, 3.63) is 23.8 Å². The summed E-state index contributed by atoms with van der Waals surface area (Å²) in [6.45, 7) is 12.0. The lowest BCUT2D eigenvalue weighted by molar-refractivity contribution is -0.180. The van der Waals surface area contributed by atoms with E-state index in [0.717, 1.165) is 18.8 Å². The smallest absolute Gasteiger partial charge is 0.182 e. The van der Waals surface area contributed by atoms with Gasteiger partial charge in [-0.3, -0.25) is 0 Å². The van der Waals surface area contributed by atoms with Crippen molar-refractivity contribution in [1.82, 2.24) is 0 Å². The van der Waals surface area contributed by atoms with E-state index in [9.17, 15) is 0 Å². The van der Waals surface area contributed by atoms with E-state index >= 15 is 0 Å². The van der Waals surface area contributed by atoms with Crippen LogP contribution in [0.4, 0.5) is 0 Å². The Kier molecular flexibility index (Phi) is 5.49. The Bertz CT molecular complexity index is 535. The maximum absolute atomic E-state index is 5.77. The van der Waals surface area contributed by atoms with Crippen LogP contribution >= 0.6 is 0 Å². The first-order valence-electron chi connectivity index (χ1n) is 9.89. The molecule has 0 aromatic rings. The van der Waals surface area contributed by atoms with Crippen molar-refractivity contribution < 1.29 is 14.2 Å². The number of hydrogen-bond acceptors (Lipinski definition) is 3. The normalized spacial score (nSPS) is 42.6. The number of fused-ring (bicyclic) bond motifs is 1. The van der Waals surface area contributed by atoms with E-state index in [0.29, 0.717) is 16.7 Å². The van der Waals surface area contributed by atoms with Crippen molar-refractivity contribution >= 4 is 0 Å². The summed E-state index contributed by atoms with van der Waals surface area (Å²) in [5.74, 6) is 1.37. The topological polar surface area (TPSA) is 27.7 Å². The van der Waals surface area contributed by atoms with Crippen molar-refractivity contribution in [3.63, 3.8) is 0 Å². The van der Waals surface area contributed by atoms with Crippen LogP contribution in [0, 0.1) is 22.7 Å². The Morgan fingerprint density at radius 3 is 2.64 bits per heavy atom. The van der Waals surface area contributed by atoms with E-state index in [4.69, 9.17) is 14.2 Å². The number of hydrogen-bond donors (Lipinski definition) is 0. The summed E-state index contributed by atoms with van der Waals surface area (Å²) in [6.07, 6.45) is 10.3. The molecule has 0 aromatic carbocycles. The molecule has 3 heteroatoms. The van der Waals surface area contributed by atoms with Crippen molar-refractivity contribution in [2.24, 2.45) is 22.7 Å². The highest BCUT2D eigenvalue weighted by molar-refractivity contribution is 5.19. The SMILES string of the molecule is C=C1CC[C@H]2C(C)(C)CCC[C@]2(C)[C@H]1C/C=C1\C[C@@H](OC)O[C@@H]1OC. The molecule has 142 valence electrons. The Morgan fingerprint density at radius 2 is 1.96 bits per heavy atom. The molecular weight excluding hydrogens is 312 g/mol. The number of allylic oxidation sites excluding steroid dienone is 2. The van der Waals surface area contributed by atoms with Gasteiger partial charge >= 0.3 is 0 Å². The van der Waals surface area contributed by atoms with Gasteiger partial charge in [0.15, 0.2) is 12.6 Å². The highest BCUT2D eigenvalue weighted by Gasteiger charge is 2.52. The van der Waals surface area contributed by atoms with Gasteiger partial charge in [-0.15, -0.1) is 0 Å². The standard InChI is InChI=1S/C22H36O3/c1-15-8-11-18-21(2,3)12-7-13-22(18,4)17(15)10-9-16-14-19(23-5)25-20(16)24-6/h9,17-20H,1,7-8,10-14H2,2-6H3/b16-9+/t17-,18-,19-,20-,22+/m0/s1. The maximum atomic E-state index is 5.77. The van der Waals surface area contributed by atoms with Gasteiger partial charge in [-0.2, -0.15) is 0 Å². The molecular formula is C22H36O3. The van der Waals surface area contributed by atoms with Gasteiger partial charge in [0.2, 0.25) is 0 Å². The average Bonchev–Trinajstić information content (AvgIpc) is 2.95. The molecule has 0 radical (unpaired) electrons. The minimum Gasteiger partial charge on any atom is -0.355 e. The minimum atomic E-state index is -0.256. The molecule has 5 atom stereocenters. The van der Waals surface area contributed by atoms with E-state index < -0.39 is 0 Å². The fourth-order valence-corrected chi connectivity index (χ4v) is 6.07. The fourth-order valence-electron chi connectivity index (χ4n) is 6.07. The van der Waals surface area contributed by atoms with Crippen LogP contribution in [0.5, 0.6) is 0 Å². The first-order valence-corrected chi connectivity index (χ1v) is 9.89. The Labute approximate surface area is 153 Å². The van der Waals surface area contributed by atoms with Crippen molar-refractivity contribution in [3.8, 4) is 0 Å².